The summed E-state index contributed by atoms with van der Waals surface area (Å²) >= 11 is 0. The molecule has 8 aromatic rings. The molecule has 0 saturated carbocycles. The van der Waals surface area contributed by atoms with Gasteiger partial charge in [0.05, 0.1) is 12.1 Å². The molecular weight excluding hydrogens is 705 g/mol. The van der Waals surface area contributed by atoms with Crippen LogP contribution in [0.25, 0.3) is 39.9 Å². The highest BCUT2D eigenvalue weighted by molar-refractivity contribution is 6.03. The highest BCUT2D eigenvalue weighted by Crippen LogP contribution is 2.38. The van der Waals surface area contributed by atoms with Gasteiger partial charge in [-0.15, -0.1) is 0 Å². The lowest BCUT2D eigenvalue weighted by molar-refractivity contribution is 1.27. The third-order valence-electron chi connectivity index (χ3n) is 10.3. The first kappa shape index (κ1) is 37.0. The molecule has 8 rings (SSSR count). The van der Waals surface area contributed by atoms with Crippen LogP contribution in [0.2, 0.25) is 0 Å². The van der Waals surface area contributed by atoms with E-state index >= 15 is 0 Å². The Hall–Kier alpha value is -7.92. The van der Waals surface area contributed by atoms with Gasteiger partial charge in [-0.3, -0.25) is 0 Å². The first-order chi connectivity index (χ1) is 28.5. The van der Waals surface area contributed by atoms with E-state index in [0.717, 1.165) is 67.2 Å². The number of benzene rings is 8. The predicted molar refractivity (Wildman–Crippen MR) is 245 cm³/mol. The number of nitrogens with zero attached hydrogens (tertiary/aromatic N) is 4. The minimum atomic E-state index is 0.527. The molecule has 0 aliphatic rings. The van der Waals surface area contributed by atoms with Crippen LogP contribution in [-0.4, -0.2) is 0 Å². The van der Waals surface area contributed by atoms with Crippen LogP contribution in [0.15, 0.2) is 182 Å². The summed E-state index contributed by atoms with van der Waals surface area (Å²) in [5.41, 5.74) is 13.6. The summed E-state index contributed by atoms with van der Waals surface area (Å²) in [7, 11) is 0. The van der Waals surface area contributed by atoms with E-state index in [-0.39, 0.29) is 0 Å². The second-order valence-corrected chi connectivity index (χ2v) is 14.2. The summed E-state index contributed by atoms with van der Waals surface area (Å²) in [5, 5.41) is 11.9. The zero-order valence-corrected chi connectivity index (χ0v) is 32.4. The molecule has 0 fully saturated rings. The van der Waals surface area contributed by atoms with Crippen molar-refractivity contribution in [3.8, 4) is 6.07 Å². The number of rotatable bonds is 10. The molecule has 0 N–H and O–H groups in total. The molecule has 8 aromatic carbocycles. The summed E-state index contributed by atoms with van der Waals surface area (Å²) in [6.45, 7) is 12.3. The monoisotopic (exact) mass is 744 g/mol. The maximum absolute atomic E-state index is 10.4. The van der Waals surface area contributed by atoms with E-state index in [4.69, 9.17) is 6.57 Å². The molecule has 4 nitrogen and oxygen atoms in total. The quantitative estimate of drug-likeness (QED) is 0.103. The summed E-state index contributed by atoms with van der Waals surface area (Å²) in [6.07, 6.45) is 8.03. The number of hydrogen-bond donors (Lipinski definition) is 0. The molecule has 4 heteroatoms. The van der Waals surface area contributed by atoms with Crippen molar-refractivity contribution in [3.63, 3.8) is 0 Å². The van der Waals surface area contributed by atoms with Crippen molar-refractivity contribution >= 4 is 74.9 Å². The molecule has 0 radical (unpaired) electrons. The molecule has 0 spiro atoms. The van der Waals surface area contributed by atoms with Gasteiger partial charge in [-0.05, 0) is 120 Å². The van der Waals surface area contributed by atoms with Gasteiger partial charge < -0.3 is 9.80 Å². The number of aryl methyl sites for hydroxylation is 2. The molecule has 0 aliphatic heterocycles. The van der Waals surface area contributed by atoms with Crippen LogP contribution in [0.4, 0.5) is 39.8 Å². The van der Waals surface area contributed by atoms with Crippen LogP contribution in [0.1, 0.15) is 38.9 Å². The van der Waals surface area contributed by atoms with Gasteiger partial charge in [0, 0.05) is 34.1 Å². The number of hydrogen-bond acceptors (Lipinski definition) is 3. The Kier molecular flexibility index (Phi) is 10.8. The fraction of sp³-hybridized carbons (Fsp3) is 0.0370. The van der Waals surface area contributed by atoms with Crippen molar-refractivity contribution in [1.82, 2.24) is 0 Å². The van der Waals surface area contributed by atoms with E-state index in [0.29, 0.717) is 11.3 Å². The summed E-state index contributed by atoms with van der Waals surface area (Å²) in [6, 6.07) is 64.9. The minimum Gasteiger partial charge on any atom is -0.311 e. The van der Waals surface area contributed by atoms with E-state index < -0.39 is 0 Å². The molecule has 0 amide bonds. The lowest BCUT2D eigenvalue weighted by Gasteiger charge is -2.25. The maximum atomic E-state index is 10.4. The van der Waals surface area contributed by atoms with Crippen molar-refractivity contribution in [2.45, 2.75) is 13.8 Å². The Labute approximate surface area is 341 Å². The zero-order valence-electron chi connectivity index (χ0n) is 32.4. The van der Waals surface area contributed by atoms with Crippen molar-refractivity contribution in [3.05, 3.63) is 232 Å². The van der Waals surface area contributed by atoms with Gasteiger partial charge in [0.2, 0.25) is 5.69 Å². The normalized spacial score (nSPS) is 11.1. The van der Waals surface area contributed by atoms with Crippen LogP contribution < -0.4 is 9.80 Å². The van der Waals surface area contributed by atoms with Crippen LogP contribution in [0.3, 0.4) is 0 Å². The maximum Gasteiger partial charge on any atom is 0.202 e. The average molecular weight is 745 g/mol. The summed E-state index contributed by atoms with van der Waals surface area (Å²) in [5.74, 6) is 0. The highest BCUT2D eigenvalue weighted by atomic mass is 15.1. The smallest absolute Gasteiger partial charge is 0.202 e. The highest BCUT2D eigenvalue weighted by Gasteiger charge is 2.15. The van der Waals surface area contributed by atoms with E-state index in [9.17, 15) is 5.26 Å². The van der Waals surface area contributed by atoms with Crippen LogP contribution in [0.5, 0.6) is 0 Å². The van der Waals surface area contributed by atoms with Gasteiger partial charge in [0.1, 0.15) is 6.07 Å². The predicted octanol–water partition coefficient (Wildman–Crippen LogP) is 15.2. The zero-order chi connectivity index (χ0) is 39.8. The largest absolute Gasteiger partial charge is 0.311 e. The molecule has 0 atom stereocenters. The van der Waals surface area contributed by atoms with Crippen LogP contribution in [-0.2, 0) is 0 Å². The van der Waals surface area contributed by atoms with E-state index in [1.54, 1.807) is 0 Å². The van der Waals surface area contributed by atoms with Gasteiger partial charge in [0.25, 0.3) is 0 Å². The van der Waals surface area contributed by atoms with Gasteiger partial charge in [-0.25, -0.2) is 4.85 Å². The second-order valence-electron chi connectivity index (χ2n) is 14.2. The van der Waals surface area contributed by atoms with Crippen LogP contribution >= 0.6 is 0 Å². The molecule has 0 saturated heterocycles. The molecule has 0 heterocycles. The molecule has 0 aromatic heterocycles. The Balaban J connectivity index is 1.03. The topological polar surface area (TPSA) is 34.6 Å². The Morgan fingerprint density at radius 3 is 1.24 bits per heavy atom. The van der Waals surface area contributed by atoms with E-state index in [1.165, 1.54) is 11.1 Å². The van der Waals surface area contributed by atoms with Gasteiger partial charge in [0.15, 0.2) is 0 Å². The fourth-order valence-corrected chi connectivity index (χ4v) is 7.22. The summed E-state index contributed by atoms with van der Waals surface area (Å²) < 4.78 is 0. The fourth-order valence-electron chi connectivity index (χ4n) is 7.22. The Morgan fingerprint density at radius 1 is 0.431 bits per heavy atom. The molecule has 276 valence electrons. The minimum absolute atomic E-state index is 0.527. The van der Waals surface area contributed by atoms with Gasteiger partial charge >= 0.3 is 0 Å². The van der Waals surface area contributed by atoms with Crippen molar-refractivity contribution < 1.29 is 0 Å². The third kappa shape index (κ3) is 7.91. The van der Waals surface area contributed by atoms with E-state index in [2.05, 4.69) is 180 Å². The van der Waals surface area contributed by atoms with Crippen LogP contribution in [0, 0.1) is 31.8 Å². The summed E-state index contributed by atoms with van der Waals surface area (Å²) in [4.78, 5) is 8.44. The molecule has 0 bridgehead atoms. The van der Waals surface area contributed by atoms with Gasteiger partial charge in [-0.1, -0.05) is 145 Å². The molecule has 0 aliphatic carbocycles. The third-order valence-corrected chi connectivity index (χ3v) is 10.3. The number of para-hydroxylation sites is 2. The number of anilines is 6. The molecular formula is C54H40N4. The number of nitriles is 1. The second kappa shape index (κ2) is 16.8. The standard InChI is InChI=1S/C54H40N4/c1-39-14-28-47(29-15-39)57(45-10-6-4-7-11-45)49-32-20-41(21-33-49)18-24-43-26-37-52-51(53(43)38-55)36-27-44(54(52)56-3)25-19-42-22-34-50(35-23-42)58(46-12-8-5-9-13-46)48-30-16-40(2)17-31-48/h4-37H,1-2H3/b24-18+,25-19+. The molecule has 0 unspecified atom stereocenters. The molecule has 58 heavy (non-hydrogen) atoms. The van der Waals surface area contributed by atoms with Crippen molar-refractivity contribution in [2.75, 3.05) is 9.80 Å². The lowest BCUT2D eigenvalue weighted by Crippen LogP contribution is -2.09. The number of fused-ring (bicyclic) bond motifs is 1. The SMILES string of the molecule is [C-]#[N+]c1c(/C=C/c2ccc(N(c3ccccc3)c3ccc(C)cc3)cc2)ccc2c(C#N)c(/C=C/c3ccc(N(c4ccccc4)c4ccc(C)cc4)cc3)ccc12. The Morgan fingerprint density at radius 2 is 0.810 bits per heavy atom. The van der Waals surface area contributed by atoms with Gasteiger partial charge in [-0.2, -0.15) is 5.26 Å². The average Bonchev–Trinajstić information content (AvgIpc) is 3.27. The van der Waals surface area contributed by atoms with Crippen molar-refractivity contribution in [2.24, 2.45) is 0 Å². The van der Waals surface area contributed by atoms with Crippen molar-refractivity contribution in [1.29, 1.82) is 5.26 Å². The Bertz CT molecular complexity index is 2630. The first-order valence-electron chi connectivity index (χ1n) is 19.3. The van der Waals surface area contributed by atoms with E-state index in [1.807, 2.05) is 60.7 Å². The first-order valence-corrected chi connectivity index (χ1v) is 19.3. The lowest BCUT2D eigenvalue weighted by atomic mass is 9.95.